The normalized spacial score (nSPS) is 10.4. The summed E-state index contributed by atoms with van der Waals surface area (Å²) in [4.78, 5) is 6.59. The number of anilines is 1. The standard InChI is InChI=1S/C15H17N3O/c1-2-7-18(8-9-19)15-10-12(11-16)13-5-3-4-6-14(13)17-15/h3-6,10,19H,2,7-9H2,1H3. The second-order valence-electron chi connectivity index (χ2n) is 4.37. The van der Waals surface area contributed by atoms with Crippen LogP contribution >= 0.6 is 0 Å². The summed E-state index contributed by atoms with van der Waals surface area (Å²) in [6, 6.07) is 11.6. The quantitative estimate of drug-likeness (QED) is 0.890. The molecule has 0 spiro atoms. The van der Waals surface area contributed by atoms with Gasteiger partial charge in [0, 0.05) is 18.5 Å². The molecule has 0 radical (unpaired) electrons. The van der Waals surface area contributed by atoms with Crippen LogP contribution in [0.3, 0.4) is 0 Å². The molecular weight excluding hydrogens is 238 g/mol. The van der Waals surface area contributed by atoms with Crippen molar-refractivity contribution < 1.29 is 5.11 Å². The molecule has 1 N–H and O–H groups in total. The van der Waals surface area contributed by atoms with E-state index in [0.29, 0.717) is 12.1 Å². The minimum Gasteiger partial charge on any atom is -0.395 e. The molecule has 0 amide bonds. The minimum absolute atomic E-state index is 0.0798. The van der Waals surface area contributed by atoms with Crippen molar-refractivity contribution in [1.29, 1.82) is 5.26 Å². The van der Waals surface area contributed by atoms with Gasteiger partial charge in [0.1, 0.15) is 5.82 Å². The van der Waals surface area contributed by atoms with Gasteiger partial charge in [-0.3, -0.25) is 0 Å². The number of nitrogens with zero attached hydrogens (tertiary/aromatic N) is 3. The molecule has 4 nitrogen and oxygen atoms in total. The van der Waals surface area contributed by atoms with E-state index >= 15 is 0 Å². The van der Waals surface area contributed by atoms with Gasteiger partial charge in [0.25, 0.3) is 0 Å². The van der Waals surface area contributed by atoms with E-state index < -0.39 is 0 Å². The number of hydrogen-bond donors (Lipinski definition) is 1. The van der Waals surface area contributed by atoms with Gasteiger partial charge >= 0.3 is 0 Å². The number of fused-ring (bicyclic) bond motifs is 1. The van der Waals surface area contributed by atoms with Crippen molar-refractivity contribution in [2.24, 2.45) is 0 Å². The highest BCUT2D eigenvalue weighted by atomic mass is 16.3. The summed E-state index contributed by atoms with van der Waals surface area (Å²) >= 11 is 0. The first kappa shape index (κ1) is 13.3. The van der Waals surface area contributed by atoms with Gasteiger partial charge in [-0.25, -0.2) is 4.98 Å². The first-order chi connectivity index (χ1) is 9.30. The number of aromatic nitrogens is 1. The molecule has 0 bridgehead atoms. The van der Waals surface area contributed by atoms with Gasteiger partial charge in [-0.2, -0.15) is 5.26 Å². The molecule has 4 heteroatoms. The monoisotopic (exact) mass is 255 g/mol. The van der Waals surface area contributed by atoms with Gasteiger partial charge in [0.2, 0.25) is 0 Å². The van der Waals surface area contributed by atoms with Crippen LogP contribution in [0.25, 0.3) is 10.9 Å². The highest BCUT2D eigenvalue weighted by Gasteiger charge is 2.10. The van der Waals surface area contributed by atoms with E-state index in [-0.39, 0.29) is 6.61 Å². The van der Waals surface area contributed by atoms with Crippen molar-refractivity contribution in [3.05, 3.63) is 35.9 Å². The lowest BCUT2D eigenvalue weighted by atomic mass is 10.1. The Bertz CT molecular complexity index is 598. The number of pyridine rings is 1. The first-order valence-electron chi connectivity index (χ1n) is 6.45. The summed E-state index contributed by atoms with van der Waals surface area (Å²) in [5, 5.41) is 19.3. The van der Waals surface area contributed by atoms with Crippen LogP contribution in [-0.4, -0.2) is 29.8 Å². The molecule has 1 heterocycles. The molecule has 0 saturated heterocycles. The average molecular weight is 255 g/mol. The Morgan fingerprint density at radius 1 is 1.32 bits per heavy atom. The van der Waals surface area contributed by atoms with E-state index in [0.717, 1.165) is 29.7 Å². The second-order valence-corrected chi connectivity index (χ2v) is 4.37. The molecule has 2 aromatic rings. The number of hydrogen-bond acceptors (Lipinski definition) is 4. The summed E-state index contributed by atoms with van der Waals surface area (Å²) in [6.45, 7) is 3.51. The molecule has 0 atom stereocenters. The van der Waals surface area contributed by atoms with E-state index in [9.17, 15) is 5.26 Å². The number of benzene rings is 1. The zero-order valence-corrected chi connectivity index (χ0v) is 11.0. The molecule has 98 valence electrons. The molecule has 0 aliphatic carbocycles. The fourth-order valence-electron chi connectivity index (χ4n) is 2.15. The van der Waals surface area contributed by atoms with Crippen molar-refractivity contribution in [3.8, 4) is 6.07 Å². The van der Waals surface area contributed by atoms with Crippen molar-refractivity contribution in [2.75, 3.05) is 24.6 Å². The summed E-state index contributed by atoms with van der Waals surface area (Å²) in [5.74, 6) is 0.756. The van der Waals surface area contributed by atoms with Crippen molar-refractivity contribution >= 4 is 16.7 Å². The second kappa shape index (κ2) is 6.17. The zero-order valence-electron chi connectivity index (χ0n) is 11.0. The van der Waals surface area contributed by atoms with Crippen molar-refractivity contribution in [1.82, 2.24) is 4.98 Å². The molecule has 2 rings (SSSR count). The Kier molecular flexibility index (Phi) is 4.32. The third-order valence-corrected chi connectivity index (χ3v) is 3.01. The molecule has 0 saturated carbocycles. The van der Waals surface area contributed by atoms with E-state index in [2.05, 4.69) is 18.0 Å². The molecule has 0 aliphatic heterocycles. The Labute approximate surface area is 112 Å². The number of nitriles is 1. The SMILES string of the molecule is CCCN(CCO)c1cc(C#N)c2ccccc2n1. The lowest BCUT2D eigenvalue weighted by molar-refractivity contribution is 0.301. The molecule has 0 aliphatic rings. The van der Waals surface area contributed by atoms with Crippen LogP contribution in [0, 0.1) is 11.3 Å². The van der Waals surface area contributed by atoms with Crippen LogP contribution in [0.1, 0.15) is 18.9 Å². The predicted molar refractivity (Wildman–Crippen MR) is 76.0 cm³/mol. The zero-order chi connectivity index (χ0) is 13.7. The van der Waals surface area contributed by atoms with Gasteiger partial charge in [-0.1, -0.05) is 25.1 Å². The summed E-state index contributed by atoms with van der Waals surface area (Å²) in [6.07, 6.45) is 0.969. The fourth-order valence-corrected chi connectivity index (χ4v) is 2.15. The van der Waals surface area contributed by atoms with E-state index in [1.165, 1.54) is 0 Å². The van der Waals surface area contributed by atoms with Gasteiger partial charge in [0.15, 0.2) is 0 Å². The number of para-hydroxylation sites is 1. The lowest BCUT2D eigenvalue weighted by Gasteiger charge is -2.22. The molecule has 1 aromatic carbocycles. The van der Waals surface area contributed by atoms with Gasteiger partial charge in [-0.05, 0) is 18.6 Å². The number of aliphatic hydroxyl groups excluding tert-OH is 1. The van der Waals surface area contributed by atoms with Crippen LogP contribution in [0.2, 0.25) is 0 Å². The van der Waals surface area contributed by atoms with Crippen LogP contribution in [-0.2, 0) is 0 Å². The largest absolute Gasteiger partial charge is 0.395 e. The van der Waals surface area contributed by atoms with Crippen molar-refractivity contribution in [2.45, 2.75) is 13.3 Å². The maximum absolute atomic E-state index is 9.26. The smallest absolute Gasteiger partial charge is 0.130 e. The predicted octanol–water partition coefficient (Wildman–Crippen LogP) is 2.32. The van der Waals surface area contributed by atoms with E-state index in [1.807, 2.05) is 29.2 Å². The third kappa shape index (κ3) is 2.83. The lowest BCUT2D eigenvalue weighted by Crippen LogP contribution is -2.28. The third-order valence-electron chi connectivity index (χ3n) is 3.01. The fraction of sp³-hybridized carbons (Fsp3) is 0.333. The Hall–Kier alpha value is -2.12. The van der Waals surface area contributed by atoms with Crippen LogP contribution in [0.5, 0.6) is 0 Å². The Balaban J connectivity index is 2.51. The molecule has 0 unspecified atom stereocenters. The molecular formula is C15H17N3O. The topological polar surface area (TPSA) is 60.1 Å². The van der Waals surface area contributed by atoms with Gasteiger partial charge in [0.05, 0.1) is 23.8 Å². The molecule has 19 heavy (non-hydrogen) atoms. The van der Waals surface area contributed by atoms with E-state index in [1.54, 1.807) is 6.07 Å². The maximum atomic E-state index is 9.26. The van der Waals surface area contributed by atoms with Crippen molar-refractivity contribution in [3.63, 3.8) is 0 Å². The highest BCUT2D eigenvalue weighted by molar-refractivity contribution is 5.86. The first-order valence-corrected chi connectivity index (χ1v) is 6.45. The van der Waals surface area contributed by atoms with Crippen LogP contribution in [0.15, 0.2) is 30.3 Å². The summed E-state index contributed by atoms with van der Waals surface area (Å²) < 4.78 is 0. The van der Waals surface area contributed by atoms with Crippen LogP contribution < -0.4 is 4.90 Å². The van der Waals surface area contributed by atoms with Gasteiger partial charge < -0.3 is 10.0 Å². The molecule has 1 aromatic heterocycles. The summed E-state index contributed by atoms with van der Waals surface area (Å²) in [7, 11) is 0. The number of rotatable bonds is 5. The highest BCUT2D eigenvalue weighted by Crippen LogP contribution is 2.22. The Morgan fingerprint density at radius 2 is 2.11 bits per heavy atom. The maximum Gasteiger partial charge on any atom is 0.130 e. The number of aliphatic hydroxyl groups is 1. The van der Waals surface area contributed by atoms with Crippen LogP contribution in [0.4, 0.5) is 5.82 Å². The molecule has 0 fully saturated rings. The van der Waals surface area contributed by atoms with Gasteiger partial charge in [-0.15, -0.1) is 0 Å². The Morgan fingerprint density at radius 3 is 2.79 bits per heavy atom. The average Bonchev–Trinajstić information content (AvgIpc) is 2.46. The minimum atomic E-state index is 0.0798. The summed E-state index contributed by atoms with van der Waals surface area (Å²) in [5.41, 5.74) is 1.44. The van der Waals surface area contributed by atoms with E-state index in [4.69, 9.17) is 5.11 Å².